The fraction of sp³-hybridized carbons (Fsp3) is 0.200. The zero-order chi connectivity index (χ0) is 23.5. The Kier molecular flexibility index (Phi) is 6.02. The lowest BCUT2D eigenvalue weighted by molar-refractivity contribution is 0.0600. The molecule has 33 heavy (non-hydrogen) atoms. The van der Waals surface area contributed by atoms with Crippen molar-refractivity contribution in [3.8, 4) is 11.1 Å². The number of rotatable bonds is 5. The molecule has 4 rings (SSSR count). The number of nitrogens with zero attached hydrogens (tertiary/aromatic N) is 4. The number of fused-ring (bicyclic) bond motifs is 3. The summed E-state index contributed by atoms with van der Waals surface area (Å²) in [7, 11) is 2.80. The van der Waals surface area contributed by atoms with E-state index < -0.39 is 12.1 Å². The Bertz CT molecular complexity index is 1250. The van der Waals surface area contributed by atoms with Crippen LogP contribution in [-0.2, 0) is 9.47 Å². The van der Waals surface area contributed by atoms with Crippen LogP contribution < -0.4 is 4.90 Å². The maximum Gasteiger partial charge on any atom is 0.414 e. The van der Waals surface area contributed by atoms with Gasteiger partial charge in [0.2, 0.25) is 0 Å². The zero-order valence-corrected chi connectivity index (χ0v) is 18.5. The van der Waals surface area contributed by atoms with Crippen molar-refractivity contribution in [3.05, 3.63) is 93.4 Å². The van der Waals surface area contributed by atoms with Gasteiger partial charge in [-0.3, -0.25) is 4.90 Å². The van der Waals surface area contributed by atoms with E-state index in [9.17, 15) is 9.59 Å². The van der Waals surface area contributed by atoms with Crippen LogP contribution >= 0.6 is 0 Å². The number of azide groups is 1. The molecular formula is C25H22N4O4. The topological polar surface area (TPSA) is 105 Å². The molecule has 0 unspecified atom stereocenters. The van der Waals surface area contributed by atoms with E-state index in [1.807, 2.05) is 36.4 Å². The van der Waals surface area contributed by atoms with Gasteiger partial charge in [-0.2, -0.15) is 0 Å². The molecule has 0 aliphatic heterocycles. The van der Waals surface area contributed by atoms with Crippen LogP contribution in [0.2, 0.25) is 0 Å². The monoisotopic (exact) mass is 442 g/mol. The van der Waals surface area contributed by atoms with Crippen molar-refractivity contribution >= 4 is 23.4 Å². The lowest BCUT2D eigenvalue weighted by Crippen LogP contribution is -2.29. The van der Waals surface area contributed by atoms with Crippen molar-refractivity contribution in [1.82, 2.24) is 0 Å². The Hall–Kier alpha value is -4.29. The van der Waals surface area contributed by atoms with Crippen LogP contribution in [0.15, 0.2) is 65.8 Å². The molecule has 0 spiro atoms. The summed E-state index contributed by atoms with van der Waals surface area (Å²) in [6, 6.07) is 19.1. The second kappa shape index (κ2) is 9.06. The van der Waals surface area contributed by atoms with Gasteiger partial charge in [0.25, 0.3) is 0 Å². The quantitative estimate of drug-likeness (QED) is 0.206. The van der Waals surface area contributed by atoms with Crippen molar-refractivity contribution in [2.75, 3.05) is 25.7 Å². The number of anilines is 1. The number of hydrogen-bond acceptors (Lipinski definition) is 5. The van der Waals surface area contributed by atoms with Crippen LogP contribution in [0.1, 0.15) is 33.0 Å². The highest BCUT2D eigenvalue weighted by atomic mass is 16.6. The van der Waals surface area contributed by atoms with E-state index in [1.54, 1.807) is 14.0 Å². The van der Waals surface area contributed by atoms with Gasteiger partial charge in [0.1, 0.15) is 6.61 Å². The molecule has 3 aromatic rings. The molecular weight excluding hydrogens is 420 g/mol. The molecule has 1 amide bonds. The first-order chi connectivity index (χ1) is 16.0. The van der Waals surface area contributed by atoms with E-state index in [-0.39, 0.29) is 23.8 Å². The molecule has 0 heterocycles. The standard InChI is InChI=1S/C25H22N4O4/c1-15-22(27-28-26)12-16(24(30)32-3)13-23(15)29(2)25(31)33-14-21-19-10-6-4-8-17(19)18-9-5-7-11-20(18)21/h4-13,21H,14H2,1-3H3. The third-order valence-corrected chi connectivity index (χ3v) is 5.90. The second-order valence-corrected chi connectivity index (χ2v) is 7.68. The molecule has 1 aliphatic carbocycles. The summed E-state index contributed by atoms with van der Waals surface area (Å²) >= 11 is 0. The first-order valence-corrected chi connectivity index (χ1v) is 10.3. The minimum absolute atomic E-state index is 0.0731. The summed E-state index contributed by atoms with van der Waals surface area (Å²) in [4.78, 5) is 29.2. The molecule has 8 nitrogen and oxygen atoms in total. The molecule has 0 fully saturated rings. The molecule has 8 heteroatoms. The van der Waals surface area contributed by atoms with Crippen LogP contribution in [-0.4, -0.2) is 32.8 Å². The molecule has 0 bridgehead atoms. The average molecular weight is 442 g/mol. The number of carbonyl (C=O) groups excluding carboxylic acids is 2. The molecule has 0 N–H and O–H groups in total. The Morgan fingerprint density at radius 1 is 1.06 bits per heavy atom. The molecule has 166 valence electrons. The van der Waals surface area contributed by atoms with Gasteiger partial charge in [-0.25, -0.2) is 9.59 Å². The highest BCUT2D eigenvalue weighted by Gasteiger charge is 2.30. The van der Waals surface area contributed by atoms with Crippen molar-refractivity contribution in [1.29, 1.82) is 0 Å². The summed E-state index contributed by atoms with van der Waals surface area (Å²) in [6.45, 7) is 1.86. The van der Waals surface area contributed by atoms with Gasteiger partial charge in [-0.05, 0) is 52.4 Å². The van der Waals surface area contributed by atoms with E-state index in [0.717, 1.165) is 22.3 Å². The normalized spacial score (nSPS) is 11.7. The highest BCUT2D eigenvalue weighted by Crippen LogP contribution is 2.44. The summed E-state index contributed by atoms with van der Waals surface area (Å²) < 4.78 is 10.5. The third kappa shape index (κ3) is 4.00. The van der Waals surface area contributed by atoms with E-state index in [4.69, 9.17) is 15.0 Å². The molecule has 0 atom stereocenters. The Morgan fingerprint density at radius 3 is 2.24 bits per heavy atom. The first kappa shape index (κ1) is 21.9. The lowest BCUT2D eigenvalue weighted by Gasteiger charge is -2.22. The van der Waals surface area contributed by atoms with Crippen molar-refractivity contribution in [2.45, 2.75) is 12.8 Å². The Labute approximate surface area is 191 Å². The van der Waals surface area contributed by atoms with Crippen LogP contribution in [0.5, 0.6) is 0 Å². The van der Waals surface area contributed by atoms with Crippen molar-refractivity contribution < 1.29 is 19.1 Å². The number of carbonyl (C=O) groups is 2. The lowest BCUT2D eigenvalue weighted by atomic mass is 9.98. The number of esters is 1. The molecule has 3 aromatic carbocycles. The van der Waals surface area contributed by atoms with Crippen molar-refractivity contribution in [3.63, 3.8) is 0 Å². The van der Waals surface area contributed by atoms with Gasteiger partial charge in [0, 0.05) is 23.6 Å². The number of methoxy groups -OCH3 is 1. The van der Waals surface area contributed by atoms with Gasteiger partial charge < -0.3 is 9.47 Å². The molecule has 0 saturated carbocycles. The van der Waals surface area contributed by atoms with Crippen molar-refractivity contribution in [2.24, 2.45) is 5.11 Å². The predicted octanol–water partition coefficient (Wildman–Crippen LogP) is 6.11. The zero-order valence-electron chi connectivity index (χ0n) is 18.5. The van der Waals surface area contributed by atoms with E-state index in [2.05, 4.69) is 22.2 Å². The molecule has 0 aromatic heterocycles. The third-order valence-electron chi connectivity index (χ3n) is 5.90. The number of amides is 1. The maximum absolute atomic E-state index is 13.0. The summed E-state index contributed by atoms with van der Waals surface area (Å²) in [5.41, 5.74) is 14.7. The SMILES string of the molecule is COC(=O)c1cc(N=[N+]=[N-])c(C)c(N(C)C(=O)OCC2c3ccccc3-c3ccccc32)c1. The van der Waals surface area contributed by atoms with Crippen LogP contribution in [0, 0.1) is 6.92 Å². The van der Waals surface area contributed by atoms with Gasteiger partial charge in [0.15, 0.2) is 0 Å². The van der Waals surface area contributed by atoms with Gasteiger partial charge in [0.05, 0.1) is 18.4 Å². The highest BCUT2D eigenvalue weighted by molar-refractivity contribution is 5.96. The second-order valence-electron chi connectivity index (χ2n) is 7.68. The summed E-state index contributed by atoms with van der Waals surface area (Å²) in [5, 5.41) is 3.64. The number of hydrogen-bond donors (Lipinski definition) is 0. The predicted molar refractivity (Wildman–Crippen MR) is 125 cm³/mol. The Balaban J connectivity index is 1.60. The fourth-order valence-corrected chi connectivity index (χ4v) is 4.21. The van der Waals surface area contributed by atoms with Gasteiger partial charge in [-0.1, -0.05) is 53.6 Å². The van der Waals surface area contributed by atoms with E-state index in [1.165, 1.54) is 24.1 Å². The fourth-order valence-electron chi connectivity index (χ4n) is 4.21. The minimum Gasteiger partial charge on any atom is -0.465 e. The first-order valence-electron chi connectivity index (χ1n) is 10.3. The largest absolute Gasteiger partial charge is 0.465 e. The molecule has 0 radical (unpaired) electrons. The van der Waals surface area contributed by atoms with Crippen LogP contribution in [0.3, 0.4) is 0 Å². The number of ether oxygens (including phenoxy) is 2. The van der Waals surface area contributed by atoms with E-state index in [0.29, 0.717) is 11.3 Å². The molecule has 1 aliphatic rings. The van der Waals surface area contributed by atoms with Gasteiger partial charge >= 0.3 is 12.1 Å². The smallest absolute Gasteiger partial charge is 0.414 e. The minimum atomic E-state index is -0.605. The van der Waals surface area contributed by atoms with Crippen LogP contribution in [0.25, 0.3) is 21.6 Å². The number of benzene rings is 3. The Morgan fingerprint density at radius 2 is 1.67 bits per heavy atom. The summed E-state index contributed by atoms with van der Waals surface area (Å²) in [6.07, 6.45) is -0.589. The molecule has 0 saturated heterocycles. The van der Waals surface area contributed by atoms with Gasteiger partial charge in [-0.15, -0.1) is 0 Å². The van der Waals surface area contributed by atoms with Crippen LogP contribution in [0.4, 0.5) is 16.2 Å². The van der Waals surface area contributed by atoms with E-state index >= 15 is 0 Å². The maximum atomic E-state index is 13.0. The summed E-state index contributed by atoms with van der Waals surface area (Å²) in [5.74, 6) is -0.678. The average Bonchev–Trinajstić information content (AvgIpc) is 3.16.